The number of fused-ring (bicyclic) bond motifs is 1. The normalized spacial score (nSPS) is 21.0. The van der Waals surface area contributed by atoms with Crippen LogP contribution in [0.1, 0.15) is 91.1 Å². The molecule has 33 heavy (non-hydrogen) atoms. The van der Waals surface area contributed by atoms with Gasteiger partial charge in [-0.1, -0.05) is 81.3 Å². The van der Waals surface area contributed by atoms with E-state index in [4.69, 9.17) is 0 Å². The van der Waals surface area contributed by atoms with Gasteiger partial charge in [-0.2, -0.15) is 0 Å². The topological polar surface area (TPSA) is 59.8 Å². The maximum absolute atomic E-state index is 13.7. The van der Waals surface area contributed by atoms with Crippen LogP contribution >= 0.6 is 11.8 Å². The standard InChI is InChI=1S/C26H29FN4OS/c1-16(2)25-28-29-26-31(25)30-22(19-12-14-21(27)15-13-19)24(33-26)23(32)20-10-8-18(9-11-20)17-6-4-3-5-7-17/h8-17,22,24,30H,3-7H2,1-2H3. The average molecular weight is 465 g/mol. The second kappa shape index (κ2) is 9.29. The number of hydrogen-bond donors (Lipinski definition) is 1. The van der Waals surface area contributed by atoms with Crippen molar-refractivity contribution >= 4 is 17.5 Å². The van der Waals surface area contributed by atoms with Crippen LogP contribution in [0.3, 0.4) is 0 Å². The predicted octanol–water partition coefficient (Wildman–Crippen LogP) is 6.23. The highest BCUT2D eigenvalue weighted by Gasteiger charge is 2.38. The van der Waals surface area contributed by atoms with Crippen LogP contribution in [0, 0.1) is 5.82 Å². The Kier molecular flexibility index (Phi) is 6.23. The number of thioether (sulfide) groups is 1. The highest BCUT2D eigenvalue weighted by atomic mass is 32.2. The Morgan fingerprint density at radius 3 is 2.33 bits per heavy atom. The van der Waals surface area contributed by atoms with Crippen LogP contribution in [0.4, 0.5) is 4.39 Å². The molecule has 1 N–H and O–H groups in total. The van der Waals surface area contributed by atoms with Crippen LogP contribution in [0.15, 0.2) is 53.7 Å². The van der Waals surface area contributed by atoms with Crippen molar-refractivity contribution in [2.45, 2.75) is 74.2 Å². The molecular weight excluding hydrogens is 435 g/mol. The van der Waals surface area contributed by atoms with Crippen LogP contribution in [0.2, 0.25) is 0 Å². The largest absolute Gasteiger partial charge is 0.313 e. The molecule has 7 heteroatoms. The molecule has 5 nitrogen and oxygen atoms in total. The quantitative estimate of drug-likeness (QED) is 0.454. The lowest BCUT2D eigenvalue weighted by molar-refractivity contribution is 0.0980. The van der Waals surface area contributed by atoms with E-state index >= 15 is 0 Å². The molecule has 5 rings (SSSR count). The number of ketones is 1. The highest BCUT2D eigenvalue weighted by molar-refractivity contribution is 8.00. The number of hydrogen-bond acceptors (Lipinski definition) is 5. The summed E-state index contributed by atoms with van der Waals surface area (Å²) in [4.78, 5) is 13.7. The third-order valence-corrected chi connectivity index (χ3v) is 7.95. The van der Waals surface area contributed by atoms with Crippen LogP contribution in [0.25, 0.3) is 0 Å². The Labute approximate surface area is 198 Å². The molecule has 2 aliphatic rings. The average Bonchev–Trinajstić information content (AvgIpc) is 3.27. The summed E-state index contributed by atoms with van der Waals surface area (Å²) in [5, 5.41) is 8.89. The van der Waals surface area contributed by atoms with Crippen LogP contribution in [-0.2, 0) is 0 Å². The van der Waals surface area contributed by atoms with Crippen molar-refractivity contribution in [2.24, 2.45) is 0 Å². The fourth-order valence-electron chi connectivity index (χ4n) is 4.89. The molecule has 0 radical (unpaired) electrons. The highest BCUT2D eigenvalue weighted by Crippen LogP contribution is 2.40. The Morgan fingerprint density at radius 2 is 1.67 bits per heavy atom. The monoisotopic (exact) mass is 464 g/mol. The van der Waals surface area contributed by atoms with Gasteiger partial charge in [0.1, 0.15) is 11.1 Å². The van der Waals surface area contributed by atoms with Crippen molar-refractivity contribution in [1.29, 1.82) is 0 Å². The van der Waals surface area contributed by atoms with E-state index in [1.165, 1.54) is 61.6 Å². The third-order valence-electron chi connectivity index (χ3n) is 6.74. The summed E-state index contributed by atoms with van der Waals surface area (Å²) in [5.74, 6) is 1.34. The minimum atomic E-state index is -0.437. The van der Waals surface area contributed by atoms with Crippen LogP contribution in [0.5, 0.6) is 0 Å². The number of aromatic nitrogens is 3. The van der Waals surface area contributed by atoms with Crippen molar-refractivity contribution in [3.05, 3.63) is 76.9 Å². The van der Waals surface area contributed by atoms with Gasteiger partial charge in [-0.15, -0.1) is 10.2 Å². The molecule has 1 fully saturated rings. The maximum Gasteiger partial charge on any atom is 0.210 e. The molecule has 2 heterocycles. The van der Waals surface area contributed by atoms with Gasteiger partial charge in [0.25, 0.3) is 0 Å². The molecule has 0 bridgehead atoms. The summed E-state index contributed by atoms with van der Waals surface area (Å²) in [6.07, 6.45) is 6.36. The SMILES string of the molecule is CC(C)c1nnc2n1NC(c1ccc(F)cc1)C(C(=O)c1ccc(C3CCCCC3)cc1)S2. The summed E-state index contributed by atoms with van der Waals surface area (Å²) in [5.41, 5.74) is 6.33. The van der Waals surface area contributed by atoms with E-state index in [0.717, 1.165) is 11.4 Å². The lowest BCUT2D eigenvalue weighted by Gasteiger charge is -2.33. The van der Waals surface area contributed by atoms with Gasteiger partial charge >= 0.3 is 0 Å². The zero-order chi connectivity index (χ0) is 22.9. The number of benzene rings is 2. The minimum absolute atomic E-state index is 0.0392. The molecule has 1 aliphatic heterocycles. The molecule has 1 aliphatic carbocycles. The fraction of sp³-hybridized carbons (Fsp3) is 0.423. The number of Topliss-reactive ketones (excluding diaryl/α,β-unsaturated/α-hetero) is 1. The van der Waals surface area contributed by atoms with Crippen LogP contribution in [-0.4, -0.2) is 25.9 Å². The van der Waals surface area contributed by atoms with Crippen molar-refractivity contribution in [1.82, 2.24) is 14.9 Å². The minimum Gasteiger partial charge on any atom is -0.313 e. The molecule has 0 spiro atoms. The van der Waals surface area contributed by atoms with Crippen molar-refractivity contribution < 1.29 is 9.18 Å². The van der Waals surface area contributed by atoms with Gasteiger partial charge in [-0.3, -0.25) is 4.79 Å². The fourth-order valence-corrected chi connectivity index (χ4v) is 6.05. The van der Waals surface area contributed by atoms with E-state index in [1.54, 1.807) is 12.1 Å². The number of carbonyl (C=O) groups is 1. The predicted molar refractivity (Wildman–Crippen MR) is 129 cm³/mol. The second-order valence-corrected chi connectivity index (χ2v) is 10.5. The number of halogens is 1. The van der Waals surface area contributed by atoms with Crippen molar-refractivity contribution in [2.75, 3.05) is 5.43 Å². The van der Waals surface area contributed by atoms with Crippen LogP contribution < -0.4 is 5.43 Å². The van der Waals surface area contributed by atoms with E-state index in [1.807, 2.05) is 16.8 Å². The van der Waals surface area contributed by atoms with Gasteiger partial charge in [-0.25, -0.2) is 9.07 Å². The van der Waals surface area contributed by atoms with E-state index in [0.29, 0.717) is 16.6 Å². The zero-order valence-corrected chi connectivity index (χ0v) is 19.8. The van der Waals surface area contributed by atoms with E-state index < -0.39 is 5.25 Å². The molecule has 2 atom stereocenters. The molecular formula is C26H29FN4OS. The Hall–Kier alpha value is -2.67. The molecule has 172 valence electrons. The van der Waals surface area contributed by atoms with E-state index in [-0.39, 0.29) is 23.6 Å². The Bertz CT molecular complexity index is 1120. The molecule has 0 saturated heterocycles. The first kappa shape index (κ1) is 22.1. The molecule has 2 aromatic carbocycles. The number of nitrogens with zero attached hydrogens (tertiary/aromatic N) is 3. The third kappa shape index (κ3) is 4.43. The van der Waals surface area contributed by atoms with E-state index in [2.05, 4.69) is 41.6 Å². The van der Waals surface area contributed by atoms with Gasteiger partial charge in [0, 0.05) is 11.5 Å². The summed E-state index contributed by atoms with van der Waals surface area (Å²) >= 11 is 1.42. The number of rotatable bonds is 5. The summed E-state index contributed by atoms with van der Waals surface area (Å²) in [7, 11) is 0. The molecule has 0 amide bonds. The van der Waals surface area contributed by atoms with Gasteiger partial charge < -0.3 is 5.43 Å². The maximum atomic E-state index is 13.7. The van der Waals surface area contributed by atoms with E-state index in [9.17, 15) is 9.18 Å². The summed E-state index contributed by atoms with van der Waals surface area (Å²) < 4.78 is 15.5. The second-order valence-electron chi connectivity index (χ2n) is 9.35. The zero-order valence-electron chi connectivity index (χ0n) is 19.0. The van der Waals surface area contributed by atoms with Crippen molar-refractivity contribution in [3.63, 3.8) is 0 Å². The first-order chi connectivity index (χ1) is 16.0. The van der Waals surface area contributed by atoms with Gasteiger partial charge in [0.15, 0.2) is 11.6 Å². The lowest BCUT2D eigenvalue weighted by Crippen LogP contribution is -2.39. The summed E-state index contributed by atoms with van der Waals surface area (Å²) in [6, 6.07) is 14.2. The molecule has 1 saturated carbocycles. The first-order valence-corrected chi connectivity index (χ1v) is 12.7. The number of carbonyl (C=O) groups excluding carboxylic acids is 1. The Balaban J connectivity index is 1.45. The smallest absolute Gasteiger partial charge is 0.210 e. The van der Waals surface area contributed by atoms with Crippen molar-refractivity contribution in [3.8, 4) is 0 Å². The molecule has 2 unspecified atom stereocenters. The Morgan fingerprint density at radius 1 is 1.00 bits per heavy atom. The van der Waals surface area contributed by atoms with Gasteiger partial charge in [-0.05, 0) is 42.0 Å². The van der Waals surface area contributed by atoms with Gasteiger partial charge in [0.2, 0.25) is 5.16 Å². The number of nitrogens with one attached hydrogen (secondary N) is 1. The first-order valence-electron chi connectivity index (χ1n) is 11.8. The van der Waals surface area contributed by atoms with Gasteiger partial charge in [0.05, 0.1) is 6.04 Å². The molecule has 3 aromatic rings. The molecule has 1 aromatic heterocycles. The summed E-state index contributed by atoms with van der Waals surface area (Å²) in [6.45, 7) is 4.11. The lowest BCUT2D eigenvalue weighted by atomic mass is 9.83.